The van der Waals surface area contributed by atoms with E-state index in [0.717, 1.165) is 17.4 Å². The molecule has 0 amide bonds. The van der Waals surface area contributed by atoms with Gasteiger partial charge in [-0.1, -0.05) is 46.8 Å². The van der Waals surface area contributed by atoms with Crippen molar-refractivity contribution in [1.29, 1.82) is 0 Å². The number of hydrogen-bond acceptors (Lipinski definition) is 1. The third-order valence-electron chi connectivity index (χ3n) is 3.40. The fraction of sp³-hybridized carbons (Fsp3) is 0.615. The summed E-state index contributed by atoms with van der Waals surface area (Å²) in [5.74, 6) is 0.724. The molecule has 0 saturated heterocycles. The average molecular weight is 303 g/mol. The molecular formula is C13H17BrClN. The lowest BCUT2D eigenvalue weighted by atomic mass is 9.93. The molecule has 1 fully saturated rings. The first-order chi connectivity index (χ1) is 7.77. The van der Waals surface area contributed by atoms with E-state index in [1.54, 1.807) is 6.20 Å². The van der Waals surface area contributed by atoms with Gasteiger partial charge in [0.15, 0.2) is 0 Å². The highest BCUT2D eigenvalue weighted by Gasteiger charge is 2.22. The third kappa shape index (κ3) is 3.21. The van der Waals surface area contributed by atoms with Gasteiger partial charge in [-0.15, -0.1) is 0 Å². The van der Waals surface area contributed by atoms with E-state index in [9.17, 15) is 0 Å². The lowest BCUT2D eigenvalue weighted by Gasteiger charge is -2.20. The predicted molar refractivity (Wildman–Crippen MR) is 72.2 cm³/mol. The van der Waals surface area contributed by atoms with Crippen molar-refractivity contribution in [3.63, 3.8) is 0 Å². The maximum atomic E-state index is 6.15. The number of nitrogens with zero attached hydrogens (tertiary/aromatic N) is 1. The molecule has 0 spiro atoms. The summed E-state index contributed by atoms with van der Waals surface area (Å²) in [5.41, 5.74) is 1.24. The fourth-order valence-electron chi connectivity index (χ4n) is 2.42. The number of halogens is 2. The van der Waals surface area contributed by atoms with Crippen molar-refractivity contribution in [3.05, 3.63) is 29.0 Å². The van der Waals surface area contributed by atoms with Crippen molar-refractivity contribution in [2.45, 2.75) is 43.4 Å². The normalized spacial score (nSPS) is 26.4. The number of pyridine rings is 1. The van der Waals surface area contributed by atoms with Gasteiger partial charge in [0.2, 0.25) is 0 Å². The Morgan fingerprint density at radius 2 is 2.12 bits per heavy atom. The molecule has 0 bridgehead atoms. The molecule has 1 aromatic heterocycles. The lowest BCUT2D eigenvalue weighted by molar-refractivity contribution is 0.475. The molecule has 0 aromatic carbocycles. The second kappa shape index (κ2) is 6.02. The van der Waals surface area contributed by atoms with E-state index < -0.39 is 0 Å². The molecule has 3 heteroatoms. The summed E-state index contributed by atoms with van der Waals surface area (Å²) in [5, 5.41) is 0.812. The van der Waals surface area contributed by atoms with Crippen LogP contribution in [0.5, 0.6) is 0 Å². The molecule has 2 rings (SSSR count). The largest absolute Gasteiger partial charge is 0.263 e. The van der Waals surface area contributed by atoms with Crippen LogP contribution in [0.2, 0.25) is 5.02 Å². The summed E-state index contributed by atoms with van der Waals surface area (Å²) in [7, 11) is 0. The molecule has 1 heterocycles. The van der Waals surface area contributed by atoms with Crippen molar-refractivity contribution in [2.75, 3.05) is 0 Å². The quantitative estimate of drug-likeness (QED) is 0.574. The molecule has 1 nitrogen and oxygen atoms in total. The average Bonchev–Trinajstić information content (AvgIpc) is 2.48. The van der Waals surface area contributed by atoms with Crippen molar-refractivity contribution in [1.82, 2.24) is 4.98 Å². The number of rotatable bonds is 2. The summed E-state index contributed by atoms with van der Waals surface area (Å²) in [6.45, 7) is 0. The van der Waals surface area contributed by atoms with Crippen LogP contribution in [0.1, 0.15) is 37.7 Å². The van der Waals surface area contributed by atoms with Crippen LogP contribution in [-0.4, -0.2) is 9.81 Å². The first-order valence-electron chi connectivity index (χ1n) is 6.00. The third-order valence-corrected chi connectivity index (χ3v) is 4.95. The van der Waals surface area contributed by atoms with Gasteiger partial charge in [0.25, 0.3) is 0 Å². The van der Waals surface area contributed by atoms with Crippen LogP contribution < -0.4 is 0 Å². The van der Waals surface area contributed by atoms with Crippen LogP contribution in [-0.2, 0) is 6.42 Å². The van der Waals surface area contributed by atoms with E-state index in [1.807, 2.05) is 12.3 Å². The zero-order valence-corrected chi connectivity index (χ0v) is 11.7. The van der Waals surface area contributed by atoms with Crippen molar-refractivity contribution >= 4 is 27.5 Å². The van der Waals surface area contributed by atoms with E-state index in [2.05, 4.69) is 20.9 Å². The first kappa shape index (κ1) is 12.4. The van der Waals surface area contributed by atoms with Crippen LogP contribution in [0.15, 0.2) is 18.5 Å². The summed E-state index contributed by atoms with van der Waals surface area (Å²) >= 11 is 9.98. The van der Waals surface area contributed by atoms with E-state index in [4.69, 9.17) is 11.6 Å². The molecule has 2 atom stereocenters. The van der Waals surface area contributed by atoms with E-state index in [1.165, 1.54) is 37.7 Å². The first-order valence-corrected chi connectivity index (χ1v) is 7.29. The Kier molecular flexibility index (Phi) is 4.66. The van der Waals surface area contributed by atoms with Gasteiger partial charge in [-0.25, -0.2) is 0 Å². The topological polar surface area (TPSA) is 12.9 Å². The minimum absolute atomic E-state index is 0.652. The minimum Gasteiger partial charge on any atom is -0.263 e. The summed E-state index contributed by atoms with van der Waals surface area (Å²) in [4.78, 5) is 4.68. The zero-order valence-electron chi connectivity index (χ0n) is 9.33. The summed E-state index contributed by atoms with van der Waals surface area (Å²) in [6.07, 6.45) is 11.4. The molecule has 88 valence electrons. The Morgan fingerprint density at radius 1 is 1.31 bits per heavy atom. The second-order valence-corrected chi connectivity index (χ2v) is 6.17. The van der Waals surface area contributed by atoms with Crippen molar-refractivity contribution in [2.24, 2.45) is 5.92 Å². The monoisotopic (exact) mass is 301 g/mol. The Labute approximate surface area is 111 Å². The van der Waals surface area contributed by atoms with Gasteiger partial charge in [-0.3, -0.25) is 4.98 Å². The lowest BCUT2D eigenvalue weighted by Crippen LogP contribution is -2.15. The molecule has 0 aliphatic heterocycles. The second-order valence-electron chi connectivity index (χ2n) is 4.59. The number of alkyl halides is 1. The van der Waals surface area contributed by atoms with Gasteiger partial charge >= 0.3 is 0 Å². The van der Waals surface area contributed by atoms with Gasteiger partial charge in [0.1, 0.15) is 0 Å². The molecule has 16 heavy (non-hydrogen) atoms. The Morgan fingerprint density at radius 3 is 2.94 bits per heavy atom. The van der Waals surface area contributed by atoms with Crippen molar-refractivity contribution < 1.29 is 0 Å². The summed E-state index contributed by atoms with van der Waals surface area (Å²) < 4.78 is 0. The number of aromatic nitrogens is 1. The summed E-state index contributed by atoms with van der Waals surface area (Å²) in [6, 6.07) is 2.05. The SMILES string of the molecule is Clc1cnccc1CC1CCCCCC1Br. The van der Waals surface area contributed by atoms with Crippen molar-refractivity contribution in [3.8, 4) is 0 Å². The molecule has 1 aromatic rings. The molecule has 2 unspecified atom stereocenters. The highest BCUT2D eigenvalue weighted by atomic mass is 79.9. The molecule has 0 radical (unpaired) electrons. The van der Waals surface area contributed by atoms with Crippen LogP contribution in [0.4, 0.5) is 0 Å². The fourth-order valence-corrected chi connectivity index (χ4v) is 3.39. The van der Waals surface area contributed by atoms with Gasteiger partial charge < -0.3 is 0 Å². The van der Waals surface area contributed by atoms with Gasteiger partial charge in [-0.05, 0) is 36.8 Å². The highest BCUT2D eigenvalue weighted by Crippen LogP contribution is 2.32. The highest BCUT2D eigenvalue weighted by molar-refractivity contribution is 9.09. The van der Waals surface area contributed by atoms with Crippen LogP contribution in [0, 0.1) is 5.92 Å². The predicted octanol–water partition coefficient (Wildman–Crippen LogP) is 4.62. The molecular weight excluding hydrogens is 286 g/mol. The molecule has 1 saturated carbocycles. The Balaban J connectivity index is 2.05. The molecule has 1 aliphatic carbocycles. The molecule has 0 N–H and O–H groups in total. The standard InChI is InChI=1S/C13H17BrClN/c14-12-5-3-1-2-4-10(12)8-11-6-7-16-9-13(11)15/h6-7,9-10,12H,1-5,8H2. The van der Waals surface area contributed by atoms with E-state index in [-0.39, 0.29) is 0 Å². The van der Waals surface area contributed by atoms with Gasteiger partial charge in [0.05, 0.1) is 5.02 Å². The Hall–Kier alpha value is -0.0800. The van der Waals surface area contributed by atoms with Crippen LogP contribution in [0.25, 0.3) is 0 Å². The van der Waals surface area contributed by atoms with Gasteiger partial charge in [0, 0.05) is 17.2 Å². The van der Waals surface area contributed by atoms with Crippen LogP contribution in [0.3, 0.4) is 0 Å². The van der Waals surface area contributed by atoms with Crippen LogP contribution >= 0.6 is 27.5 Å². The van der Waals surface area contributed by atoms with Gasteiger partial charge in [-0.2, -0.15) is 0 Å². The maximum Gasteiger partial charge on any atom is 0.0621 e. The van der Waals surface area contributed by atoms with E-state index >= 15 is 0 Å². The van der Waals surface area contributed by atoms with E-state index in [0.29, 0.717) is 4.83 Å². The smallest absolute Gasteiger partial charge is 0.0621 e. The molecule has 1 aliphatic rings. The number of hydrogen-bond donors (Lipinski definition) is 0. The Bertz CT molecular complexity index is 342. The maximum absolute atomic E-state index is 6.15. The zero-order chi connectivity index (χ0) is 11.4. The minimum atomic E-state index is 0.652.